The van der Waals surface area contributed by atoms with E-state index in [1.807, 2.05) is 13.1 Å². The van der Waals surface area contributed by atoms with Crippen LogP contribution in [0.25, 0.3) is 0 Å². The summed E-state index contributed by atoms with van der Waals surface area (Å²) < 4.78 is 26.5. The van der Waals surface area contributed by atoms with Crippen LogP contribution in [0, 0.1) is 0 Å². The minimum atomic E-state index is -2.79. The Bertz CT molecular complexity index is 678. The van der Waals surface area contributed by atoms with Gasteiger partial charge in [-0.15, -0.1) is 5.10 Å². The van der Waals surface area contributed by atoms with Crippen molar-refractivity contribution >= 4 is 5.91 Å². The van der Waals surface area contributed by atoms with Gasteiger partial charge >= 0.3 is 0 Å². The number of halogens is 2. The van der Waals surface area contributed by atoms with Gasteiger partial charge in [-0.1, -0.05) is 12.5 Å². The van der Waals surface area contributed by atoms with Gasteiger partial charge in [0.05, 0.1) is 0 Å². The van der Waals surface area contributed by atoms with Gasteiger partial charge in [-0.3, -0.25) is 4.79 Å². The molecule has 0 aromatic carbocycles. The fourth-order valence-corrected chi connectivity index (χ4v) is 2.43. The van der Waals surface area contributed by atoms with E-state index in [2.05, 4.69) is 29.2 Å². The number of nitrogens with zero attached hydrogens (tertiary/aromatic N) is 4. The molecular formula is C16H23F2N5O. The van der Waals surface area contributed by atoms with Crippen LogP contribution in [0.15, 0.2) is 23.0 Å². The highest BCUT2D eigenvalue weighted by atomic mass is 19.3. The van der Waals surface area contributed by atoms with Crippen LogP contribution >= 0.6 is 0 Å². The largest absolute Gasteiger partial charge is 0.365 e. The molecule has 132 valence electrons. The van der Waals surface area contributed by atoms with Gasteiger partial charge in [0.2, 0.25) is 11.6 Å². The number of aryl methyl sites for hydroxylation is 1. The standard InChI is InChI=1S/C16H23F2N5O/c1-5-10(2)8-19-12-6-7-23(9-11(12)3)16(24)15-20-14(13(17)18)21-22(15)4/h8,13,19H,5-7,9H2,1-4H3. The molecule has 1 amide bonds. The number of hydrogen-bond donors (Lipinski definition) is 1. The molecule has 1 aromatic heterocycles. The Morgan fingerprint density at radius 3 is 2.71 bits per heavy atom. The maximum Gasteiger partial charge on any atom is 0.299 e. The topological polar surface area (TPSA) is 63.1 Å². The number of carbonyl (C=O) groups is 1. The lowest BCUT2D eigenvalue weighted by Crippen LogP contribution is -2.39. The number of carbonyl (C=O) groups excluding carboxylic acids is 1. The Kier molecular flexibility index (Phi) is 5.69. The molecule has 0 aliphatic carbocycles. The molecule has 1 aliphatic heterocycles. The summed E-state index contributed by atoms with van der Waals surface area (Å²) in [6, 6.07) is 0. The molecule has 0 saturated heterocycles. The smallest absolute Gasteiger partial charge is 0.299 e. The van der Waals surface area contributed by atoms with Gasteiger partial charge < -0.3 is 10.2 Å². The minimum Gasteiger partial charge on any atom is -0.365 e. The van der Waals surface area contributed by atoms with Gasteiger partial charge in [0.15, 0.2) is 0 Å². The van der Waals surface area contributed by atoms with E-state index < -0.39 is 12.2 Å². The zero-order chi connectivity index (χ0) is 17.9. The lowest BCUT2D eigenvalue weighted by Gasteiger charge is -2.29. The maximum absolute atomic E-state index is 12.7. The highest BCUT2D eigenvalue weighted by Crippen LogP contribution is 2.19. The molecule has 0 radical (unpaired) electrons. The summed E-state index contributed by atoms with van der Waals surface area (Å²) in [4.78, 5) is 17.8. The van der Waals surface area contributed by atoms with Crippen LogP contribution in [-0.2, 0) is 7.05 Å². The van der Waals surface area contributed by atoms with Crippen LogP contribution in [0.2, 0.25) is 0 Å². The zero-order valence-electron chi connectivity index (χ0n) is 14.4. The quantitative estimate of drug-likeness (QED) is 0.896. The normalized spacial score (nSPS) is 16.1. The molecule has 0 spiro atoms. The zero-order valence-corrected chi connectivity index (χ0v) is 14.4. The second-order valence-electron chi connectivity index (χ2n) is 5.94. The van der Waals surface area contributed by atoms with E-state index in [0.29, 0.717) is 19.5 Å². The van der Waals surface area contributed by atoms with E-state index in [-0.39, 0.29) is 11.7 Å². The first kappa shape index (κ1) is 18.1. The van der Waals surface area contributed by atoms with E-state index in [0.717, 1.165) is 22.4 Å². The van der Waals surface area contributed by atoms with Gasteiger partial charge in [-0.2, -0.15) is 0 Å². The van der Waals surface area contributed by atoms with Crippen LogP contribution < -0.4 is 5.32 Å². The molecule has 0 bridgehead atoms. The van der Waals surface area contributed by atoms with Crippen molar-refractivity contribution in [3.05, 3.63) is 34.7 Å². The minimum absolute atomic E-state index is 0.0590. The van der Waals surface area contributed by atoms with Crippen molar-refractivity contribution in [1.82, 2.24) is 25.0 Å². The van der Waals surface area contributed by atoms with Gasteiger partial charge in [0, 0.05) is 32.3 Å². The fourth-order valence-electron chi connectivity index (χ4n) is 2.43. The summed E-state index contributed by atoms with van der Waals surface area (Å²) in [5.74, 6) is -1.06. The molecule has 24 heavy (non-hydrogen) atoms. The SMILES string of the molecule is CCC(C)=CNC1=C(C)CN(C(=O)c2nc(C(F)F)nn2C)CC1. The van der Waals surface area contributed by atoms with Crippen molar-refractivity contribution in [3.63, 3.8) is 0 Å². The Balaban J connectivity index is 2.10. The van der Waals surface area contributed by atoms with Crippen LogP contribution in [0.1, 0.15) is 56.5 Å². The average molecular weight is 339 g/mol. The second-order valence-corrected chi connectivity index (χ2v) is 5.94. The highest BCUT2D eigenvalue weighted by molar-refractivity contribution is 5.91. The second kappa shape index (κ2) is 7.55. The summed E-state index contributed by atoms with van der Waals surface area (Å²) in [5.41, 5.74) is 3.39. The first-order valence-corrected chi connectivity index (χ1v) is 7.92. The van der Waals surface area contributed by atoms with Crippen molar-refractivity contribution in [3.8, 4) is 0 Å². The Morgan fingerprint density at radius 1 is 1.46 bits per heavy atom. The number of rotatable bonds is 5. The first-order chi connectivity index (χ1) is 11.3. The molecule has 1 aromatic rings. The highest BCUT2D eigenvalue weighted by Gasteiger charge is 2.27. The number of hydrogen-bond acceptors (Lipinski definition) is 4. The summed E-state index contributed by atoms with van der Waals surface area (Å²) in [5, 5.41) is 6.89. The van der Waals surface area contributed by atoms with Crippen LogP contribution in [0.5, 0.6) is 0 Å². The Labute approximate surface area is 140 Å². The van der Waals surface area contributed by atoms with Crippen LogP contribution in [-0.4, -0.2) is 38.7 Å². The predicted molar refractivity (Wildman–Crippen MR) is 86.4 cm³/mol. The van der Waals surface area contributed by atoms with Gasteiger partial charge in [0.25, 0.3) is 12.3 Å². The Hall–Kier alpha value is -2.25. The van der Waals surface area contributed by atoms with E-state index in [4.69, 9.17) is 0 Å². The number of allylic oxidation sites excluding steroid dienone is 1. The first-order valence-electron chi connectivity index (χ1n) is 7.92. The molecule has 0 saturated carbocycles. The summed E-state index contributed by atoms with van der Waals surface area (Å²) in [6.45, 7) is 7.05. The summed E-state index contributed by atoms with van der Waals surface area (Å²) in [7, 11) is 1.45. The van der Waals surface area contributed by atoms with E-state index in [1.165, 1.54) is 12.6 Å². The van der Waals surface area contributed by atoms with E-state index >= 15 is 0 Å². The van der Waals surface area contributed by atoms with Crippen LogP contribution in [0.4, 0.5) is 8.78 Å². The average Bonchev–Trinajstić information content (AvgIpc) is 2.94. The van der Waals surface area contributed by atoms with Crippen molar-refractivity contribution < 1.29 is 13.6 Å². The molecule has 2 heterocycles. The van der Waals surface area contributed by atoms with Crippen molar-refractivity contribution in [1.29, 1.82) is 0 Å². The van der Waals surface area contributed by atoms with Crippen LogP contribution in [0.3, 0.4) is 0 Å². The van der Waals surface area contributed by atoms with E-state index in [9.17, 15) is 13.6 Å². The molecule has 0 atom stereocenters. The fraction of sp³-hybridized carbons (Fsp3) is 0.562. The van der Waals surface area contributed by atoms with Crippen molar-refractivity contribution in [2.24, 2.45) is 7.05 Å². The van der Waals surface area contributed by atoms with E-state index in [1.54, 1.807) is 4.90 Å². The lowest BCUT2D eigenvalue weighted by molar-refractivity contribution is 0.0745. The summed E-state index contributed by atoms with van der Waals surface area (Å²) in [6.07, 6.45) is 0.853. The van der Waals surface area contributed by atoms with Gasteiger partial charge in [-0.25, -0.2) is 18.4 Å². The molecule has 0 fully saturated rings. The van der Waals surface area contributed by atoms with Gasteiger partial charge in [0.1, 0.15) is 0 Å². The molecular weight excluding hydrogens is 316 g/mol. The third-order valence-corrected chi connectivity index (χ3v) is 4.08. The molecule has 6 nitrogen and oxygen atoms in total. The third kappa shape index (κ3) is 3.98. The number of alkyl halides is 2. The number of amides is 1. The maximum atomic E-state index is 12.7. The molecule has 1 N–H and O–H groups in total. The summed E-state index contributed by atoms with van der Waals surface area (Å²) >= 11 is 0. The monoisotopic (exact) mass is 339 g/mol. The molecule has 8 heteroatoms. The van der Waals surface area contributed by atoms with Gasteiger partial charge in [-0.05, 0) is 32.0 Å². The van der Waals surface area contributed by atoms with Crippen molar-refractivity contribution in [2.75, 3.05) is 13.1 Å². The predicted octanol–water partition coefficient (Wildman–Crippen LogP) is 2.78. The number of nitrogens with one attached hydrogen (secondary N) is 1. The molecule has 1 aliphatic rings. The number of aromatic nitrogens is 3. The molecule has 0 unspecified atom stereocenters. The molecule has 2 rings (SSSR count). The Morgan fingerprint density at radius 2 is 2.17 bits per heavy atom. The van der Waals surface area contributed by atoms with Crippen molar-refractivity contribution in [2.45, 2.75) is 40.0 Å². The third-order valence-electron chi connectivity index (χ3n) is 4.08. The lowest BCUT2D eigenvalue weighted by atomic mass is 10.1.